The van der Waals surface area contributed by atoms with Crippen molar-refractivity contribution in [3.63, 3.8) is 0 Å². The molecule has 0 spiro atoms. The number of hydrogen-bond donors (Lipinski definition) is 0. The molecule has 6 rings (SSSR count). The molecule has 1 radical (unpaired) electrons. The molecule has 0 aliphatic rings. The Balaban J connectivity index is 0.000000288. The summed E-state index contributed by atoms with van der Waals surface area (Å²) in [7, 11) is 0. The predicted molar refractivity (Wildman–Crippen MR) is 180 cm³/mol. The molecule has 0 bridgehead atoms. The maximum Gasteiger partial charge on any atom is 0 e. The first-order chi connectivity index (χ1) is 23.1. The zero-order valence-electron chi connectivity index (χ0n) is 33.2. The van der Waals surface area contributed by atoms with Crippen LogP contribution < -0.4 is 4.40 Å². The van der Waals surface area contributed by atoms with Crippen molar-refractivity contribution in [1.29, 1.82) is 0 Å². The molecule has 0 aliphatic heterocycles. The largest absolute Gasteiger partial charge is 0 e. The molecule has 223 valence electrons. The third kappa shape index (κ3) is 7.92. The van der Waals surface area contributed by atoms with Crippen molar-refractivity contribution in [3.8, 4) is 22.5 Å². The molecule has 0 amide bonds. The Kier molecular flexibility index (Phi) is 7.22. The van der Waals surface area contributed by atoms with E-state index in [9.17, 15) is 0 Å². The van der Waals surface area contributed by atoms with E-state index in [0.29, 0.717) is 22.4 Å². The van der Waals surface area contributed by atoms with Gasteiger partial charge in [0, 0.05) is 42.7 Å². The number of pyridine rings is 2. The van der Waals surface area contributed by atoms with Crippen molar-refractivity contribution in [2.45, 2.75) is 58.1 Å². The normalized spacial score (nSPS) is 15.3. The van der Waals surface area contributed by atoms with Gasteiger partial charge >= 0.3 is 99.8 Å². The third-order valence-corrected chi connectivity index (χ3v) is 11.0. The van der Waals surface area contributed by atoms with Gasteiger partial charge in [0.05, 0.1) is 5.58 Å². The number of hydrogen-bond acceptors (Lipinski definition) is 3. The van der Waals surface area contributed by atoms with Gasteiger partial charge in [-0.3, -0.25) is 0 Å². The van der Waals surface area contributed by atoms with Gasteiger partial charge in [-0.1, -0.05) is 55.5 Å². The van der Waals surface area contributed by atoms with Crippen LogP contribution >= 0.6 is 0 Å². The summed E-state index contributed by atoms with van der Waals surface area (Å²) in [5, 5.41) is 1.45. The van der Waals surface area contributed by atoms with E-state index in [0.717, 1.165) is 22.0 Å². The molecular weight excluding hydrogens is 765 g/mol. The van der Waals surface area contributed by atoms with Crippen LogP contribution in [0.3, 0.4) is 0 Å². The maximum atomic E-state index is 8.73. The standard InChI is InChI=1S/C24H24NO.C14H16GeN.Ir/c1-15-9-10-18-19-7-6-8-20(23(19)26-22(18)11-15)21-12-17(13-24(3,4)5)16(2)14-25-21;1-15(2,3)13-9-10-14(16-11-13)12-7-5-4-6-8-12;/h6-7,9-12,14H,13H2,1-5H3;4-7,9-11H,1-3H3;/q2*-1;/i1D3,2D3,13D2;;. The Bertz CT molecular complexity index is 2130. The second kappa shape index (κ2) is 13.3. The summed E-state index contributed by atoms with van der Waals surface area (Å²) in [6.45, 7) is 0.323. The second-order valence-corrected chi connectivity index (χ2v) is 23.0. The topological polar surface area (TPSA) is 38.9 Å². The minimum Gasteiger partial charge on any atom is 0 e. The minimum absolute atomic E-state index is 0. The van der Waals surface area contributed by atoms with E-state index >= 15 is 0 Å². The van der Waals surface area contributed by atoms with Gasteiger partial charge < -0.3 is 9.40 Å². The first-order valence-corrected chi connectivity index (χ1v) is 21.3. The van der Waals surface area contributed by atoms with Gasteiger partial charge in [-0.25, -0.2) is 0 Å². The van der Waals surface area contributed by atoms with Gasteiger partial charge in [0.15, 0.2) is 0 Å². The molecule has 3 aromatic carbocycles. The Hall–Kier alpha value is -3.05. The summed E-state index contributed by atoms with van der Waals surface area (Å²) < 4.78 is 71.6. The fraction of sp³-hybridized carbons (Fsp3) is 0.263. The fourth-order valence-corrected chi connectivity index (χ4v) is 6.75. The summed E-state index contributed by atoms with van der Waals surface area (Å²) in [6.07, 6.45) is 1.27. The first kappa shape index (κ1) is 23.3. The van der Waals surface area contributed by atoms with Crippen LogP contribution in [0.1, 0.15) is 48.4 Å². The van der Waals surface area contributed by atoms with E-state index in [1.54, 1.807) is 45.0 Å². The van der Waals surface area contributed by atoms with Crippen molar-refractivity contribution in [1.82, 2.24) is 9.97 Å². The molecule has 0 saturated heterocycles. The number of benzene rings is 3. The summed E-state index contributed by atoms with van der Waals surface area (Å²) in [4.78, 5) is 8.87. The molecule has 0 atom stereocenters. The molecule has 0 N–H and O–H groups in total. The average Bonchev–Trinajstić information content (AvgIpc) is 3.42. The maximum absolute atomic E-state index is 8.73. The van der Waals surface area contributed by atoms with Crippen molar-refractivity contribution < 1.29 is 35.5 Å². The van der Waals surface area contributed by atoms with Gasteiger partial charge in [0.25, 0.3) is 0 Å². The first-order valence-electron chi connectivity index (χ1n) is 17.9. The van der Waals surface area contributed by atoms with Gasteiger partial charge in [0.2, 0.25) is 0 Å². The van der Waals surface area contributed by atoms with Crippen LogP contribution in [-0.2, 0) is 26.5 Å². The van der Waals surface area contributed by atoms with E-state index in [2.05, 4.69) is 51.5 Å². The number of furan rings is 1. The van der Waals surface area contributed by atoms with Crippen LogP contribution in [0, 0.1) is 31.3 Å². The van der Waals surface area contributed by atoms with E-state index in [-0.39, 0.29) is 36.8 Å². The smallest absolute Gasteiger partial charge is 0 e. The molecular formula is C38H40GeIrN2O-2. The van der Waals surface area contributed by atoms with Gasteiger partial charge in [-0.2, -0.15) is 0 Å². The van der Waals surface area contributed by atoms with Crippen molar-refractivity contribution in [2.75, 3.05) is 0 Å². The van der Waals surface area contributed by atoms with Crippen LogP contribution in [-0.4, -0.2) is 23.2 Å². The molecule has 3 nitrogen and oxygen atoms in total. The monoisotopic (exact) mass is 815 g/mol. The van der Waals surface area contributed by atoms with Crippen LogP contribution in [0.25, 0.3) is 44.5 Å². The number of aromatic nitrogens is 2. The zero-order chi connectivity index (χ0) is 36.9. The van der Waals surface area contributed by atoms with Gasteiger partial charge in [-0.15, -0.1) is 18.2 Å². The van der Waals surface area contributed by atoms with Crippen molar-refractivity contribution in [2.24, 2.45) is 5.41 Å². The van der Waals surface area contributed by atoms with E-state index in [1.807, 2.05) is 30.5 Å². The average molecular weight is 814 g/mol. The SMILES string of the molecule is [2H]C([2H])([2H])c1ccc2c(c1)oc1c(-c3cc(C([2H])([2H])C(C)(C)C)c(C([2H])([2H])[2H])cn3)[c-]ccc12.[CH3][Ge]([CH3])([CH3])[c]1ccc(-c2[c-]cccc2)nc1.[Ir]. The van der Waals surface area contributed by atoms with Crippen LogP contribution in [0.5, 0.6) is 0 Å². The van der Waals surface area contributed by atoms with Crippen LogP contribution in [0.15, 0.2) is 89.6 Å². The molecule has 0 saturated carbocycles. The predicted octanol–water partition coefficient (Wildman–Crippen LogP) is 9.75. The van der Waals surface area contributed by atoms with Gasteiger partial charge in [0.1, 0.15) is 5.58 Å². The Labute approximate surface area is 284 Å². The molecule has 3 aromatic heterocycles. The molecule has 0 unspecified atom stereocenters. The summed E-state index contributed by atoms with van der Waals surface area (Å²) in [5.41, 5.74) is 2.81. The zero-order valence-corrected chi connectivity index (χ0v) is 29.7. The van der Waals surface area contributed by atoms with Gasteiger partial charge in [-0.05, 0) is 48.4 Å². The van der Waals surface area contributed by atoms with E-state index < -0.39 is 38.8 Å². The minimum atomic E-state index is -2.54. The third-order valence-electron chi connectivity index (χ3n) is 6.72. The molecule has 3 heterocycles. The summed E-state index contributed by atoms with van der Waals surface area (Å²) in [6, 6.07) is 28.2. The van der Waals surface area contributed by atoms with Crippen LogP contribution in [0.2, 0.25) is 17.3 Å². The van der Waals surface area contributed by atoms with E-state index in [4.69, 9.17) is 15.4 Å². The fourth-order valence-electron chi connectivity index (χ4n) is 4.58. The number of nitrogens with zero attached hydrogens (tertiary/aromatic N) is 2. The van der Waals surface area contributed by atoms with Crippen molar-refractivity contribution >= 4 is 39.6 Å². The molecule has 6 aromatic rings. The molecule has 0 fully saturated rings. The van der Waals surface area contributed by atoms with Crippen LogP contribution in [0.4, 0.5) is 0 Å². The quantitative estimate of drug-likeness (QED) is 0.132. The Morgan fingerprint density at radius 2 is 1.67 bits per heavy atom. The second-order valence-electron chi connectivity index (χ2n) is 12.4. The summed E-state index contributed by atoms with van der Waals surface area (Å²) >= 11 is -1.72. The molecule has 0 aliphatic carbocycles. The summed E-state index contributed by atoms with van der Waals surface area (Å²) in [5.74, 6) is 7.14. The Morgan fingerprint density at radius 1 is 0.860 bits per heavy atom. The Morgan fingerprint density at radius 3 is 2.33 bits per heavy atom. The number of fused-ring (bicyclic) bond motifs is 3. The number of rotatable bonds is 4. The molecule has 5 heteroatoms. The number of aryl methyl sites for hydroxylation is 2. The molecule has 43 heavy (non-hydrogen) atoms. The van der Waals surface area contributed by atoms with Crippen molar-refractivity contribution in [3.05, 3.63) is 114 Å². The van der Waals surface area contributed by atoms with E-state index in [1.165, 1.54) is 22.7 Å².